The topological polar surface area (TPSA) is 84.9 Å². The van der Waals surface area contributed by atoms with Gasteiger partial charge >= 0.3 is 0 Å². The summed E-state index contributed by atoms with van der Waals surface area (Å²) in [4.78, 5) is 12.6. The highest BCUT2D eigenvalue weighted by Crippen LogP contribution is 2.30. The Labute approximate surface area is 169 Å². The number of nitrogens with one attached hydrogen (secondary N) is 1. The first-order valence-corrected chi connectivity index (χ1v) is 10.6. The maximum Gasteiger partial charge on any atom is 0.258 e. The van der Waals surface area contributed by atoms with Crippen molar-refractivity contribution in [3.05, 3.63) is 47.8 Å². The predicted molar refractivity (Wildman–Crippen MR) is 107 cm³/mol. The number of carbonyl (C=O) groups excluding carboxylic acids is 1. The van der Waals surface area contributed by atoms with Crippen LogP contribution >= 0.6 is 0 Å². The Balaban J connectivity index is 1.91. The van der Waals surface area contributed by atoms with E-state index in [0.717, 1.165) is 31.4 Å². The normalized spacial score (nSPS) is 15.0. The van der Waals surface area contributed by atoms with E-state index in [2.05, 4.69) is 5.32 Å². The van der Waals surface area contributed by atoms with E-state index >= 15 is 0 Å². The maximum absolute atomic E-state index is 14.4. The van der Waals surface area contributed by atoms with Crippen LogP contribution < -0.4 is 14.8 Å². The number of benzene rings is 2. The van der Waals surface area contributed by atoms with Gasteiger partial charge in [-0.2, -0.15) is 4.31 Å². The van der Waals surface area contributed by atoms with Gasteiger partial charge < -0.3 is 14.8 Å². The standard InChI is InChI=1S/C20H23FN2O5S/c1-27-14-6-9-19(28-2)18(12-14)22-20(24)16-13-15(7-8-17(16)21)29(25,26)23-10-4-3-5-11-23/h6-9,12-13H,3-5,10-11H2,1-2H3,(H,22,24). The minimum atomic E-state index is -3.79. The van der Waals surface area contributed by atoms with Gasteiger partial charge in [-0.25, -0.2) is 12.8 Å². The molecule has 1 N–H and O–H groups in total. The van der Waals surface area contributed by atoms with Crippen molar-refractivity contribution < 1.29 is 27.1 Å². The van der Waals surface area contributed by atoms with Gasteiger partial charge in [-0.15, -0.1) is 0 Å². The molecule has 0 saturated carbocycles. The van der Waals surface area contributed by atoms with Crippen LogP contribution in [0.1, 0.15) is 29.6 Å². The van der Waals surface area contributed by atoms with Crippen molar-refractivity contribution >= 4 is 21.6 Å². The molecule has 156 valence electrons. The van der Waals surface area contributed by atoms with Gasteiger partial charge in [0.25, 0.3) is 5.91 Å². The summed E-state index contributed by atoms with van der Waals surface area (Å²) >= 11 is 0. The Hall–Kier alpha value is -2.65. The number of carbonyl (C=O) groups is 1. The summed E-state index contributed by atoms with van der Waals surface area (Å²) in [5.41, 5.74) is -0.0894. The molecule has 0 atom stereocenters. The molecule has 0 aliphatic carbocycles. The average Bonchev–Trinajstić information content (AvgIpc) is 2.74. The number of rotatable bonds is 6. The monoisotopic (exact) mass is 422 g/mol. The summed E-state index contributed by atoms with van der Waals surface area (Å²) in [6.07, 6.45) is 2.54. The Morgan fingerprint density at radius 3 is 2.41 bits per heavy atom. The SMILES string of the molecule is COc1ccc(OC)c(NC(=O)c2cc(S(=O)(=O)N3CCCCC3)ccc2F)c1. The molecule has 2 aromatic rings. The first-order chi connectivity index (χ1) is 13.9. The Bertz CT molecular complexity index is 1000. The van der Waals surface area contributed by atoms with Crippen molar-refractivity contribution in [1.29, 1.82) is 0 Å². The minimum Gasteiger partial charge on any atom is -0.497 e. The molecule has 3 rings (SSSR count). The smallest absolute Gasteiger partial charge is 0.258 e. The van der Waals surface area contributed by atoms with Crippen LogP contribution in [0.15, 0.2) is 41.3 Å². The number of nitrogens with zero attached hydrogens (tertiary/aromatic N) is 1. The average molecular weight is 422 g/mol. The van der Waals surface area contributed by atoms with Gasteiger partial charge in [0.05, 0.1) is 30.4 Å². The van der Waals surface area contributed by atoms with Crippen molar-refractivity contribution in [2.24, 2.45) is 0 Å². The lowest BCUT2D eigenvalue weighted by Gasteiger charge is -2.26. The molecule has 9 heteroatoms. The Kier molecular flexibility index (Phi) is 6.39. The second-order valence-electron chi connectivity index (χ2n) is 6.63. The molecular weight excluding hydrogens is 399 g/mol. The predicted octanol–water partition coefficient (Wildman–Crippen LogP) is 3.27. The van der Waals surface area contributed by atoms with Crippen LogP contribution in [0.3, 0.4) is 0 Å². The van der Waals surface area contributed by atoms with Gasteiger partial charge in [0.15, 0.2) is 0 Å². The first-order valence-electron chi connectivity index (χ1n) is 9.20. The van der Waals surface area contributed by atoms with E-state index in [1.54, 1.807) is 12.1 Å². The lowest BCUT2D eigenvalue weighted by molar-refractivity contribution is 0.102. The number of ether oxygens (including phenoxy) is 2. The number of methoxy groups -OCH3 is 2. The Morgan fingerprint density at radius 1 is 1.03 bits per heavy atom. The summed E-state index contributed by atoms with van der Waals surface area (Å²) in [7, 11) is -0.881. The van der Waals surface area contributed by atoms with Crippen LogP contribution in [0.2, 0.25) is 0 Å². The molecule has 0 aromatic heterocycles. The van der Waals surface area contributed by atoms with Crippen molar-refractivity contribution in [2.45, 2.75) is 24.2 Å². The van der Waals surface area contributed by atoms with E-state index in [1.807, 2.05) is 0 Å². The molecule has 7 nitrogen and oxygen atoms in total. The molecule has 1 aliphatic heterocycles. The number of sulfonamides is 1. The van der Waals surface area contributed by atoms with Crippen molar-refractivity contribution in [3.8, 4) is 11.5 Å². The molecular formula is C20H23FN2O5S. The van der Waals surface area contributed by atoms with Gasteiger partial charge in [0.2, 0.25) is 10.0 Å². The fourth-order valence-corrected chi connectivity index (χ4v) is 4.74. The van der Waals surface area contributed by atoms with Crippen LogP contribution in [0.25, 0.3) is 0 Å². The summed E-state index contributed by atoms with van der Waals surface area (Å²) in [6, 6.07) is 8.03. The maximum atomic E-state index is 14.4. The zero-order valence-electron chi connectivity index (χ0n) is 16.3. The molecule has 29 heavy (non-hydrogen) atoms. The van der Waals surface area contributed by atoms with Crippen molar-refractivity contribution in [1.82, 2.24) is 4.31 Å². The quantitative estimate of drug-likeness (QED) is 0.772. The molecule has 2 aromatic carbocycles. The third-order valence-corrected chi connectivity index (χ3v) is 6.68. The third-order valence-electron chi connectivity index (χ3n) is 4.79. The van der Waals surface area contributed by atoms with E-state index in [1.165, 1.54) is 30.7 Å². The van der Waals surface area contributed by atoms with E-state index in [-0.39, 0.29) is 16.1 Å². The lowest BCUT2D eigenvalue weighted by atomic mass is 10.2. The number of piperidine rings is 1. The summed E-state index contributed by atoms with van der Waals surface area (Å²) in [5.74, 6) is -0.772. The van der Waals surface area contributed by atoms with Gasteiger partial charge in [0.1, 0.15) is 17.3 Å². The molecule has 1 saturated heterocycles. The molecule has 1 amide bonds. The number of amides is 1. The zero-order valence-corrected chi connectivity index (χ0v) is 17.1. The van der Waals surface area contributed by atoms with Crippen LogP contribution in [0, 0.1) is 5.82 Å². The van der Waals surface area contributed by atoms with E-state index in [0.29, 0.717) is 24.6 Å². The van der Waals surface area contributed by atoms with E-state index in [4.69, 9.17) is 9.47 Å². The zero-order chi connectivity index (χ0) is 21.0. The fourth-order valence-electron chi connectivity index (χ4n) is 3.19. The van der Waals surface area contributed by atoms with Gasteiger partial charge in [0, 0.05) is 19.2 Å². The summed E-state index contributed by atoms with van der Waals surface area (Å²) in [5, 5.41) is 2.56. The summed E-state index contributed by atoms with van der Waals surface area (Å²) < 4.78 is 51.8. The number of hydrogen-bond acceptors (Lipinski definition) is 5. The van der Waals surface area contributed by atoms with E-state index in [9.17, 15) is 17.6 Å². The number of hydrogen-bond donors (Lipinski definition) is 1. The van der Waals surface area contributed by atoms with Gasteiger partial charge in [-0.3, -0.25) is 4.79 Å². The van der Waals surface area contributed by atoms with Crippen LogP contribution in [-0.4, -0.2) is 45.9 Å². The largest absolute Gasteiger partial charge is 0.497 e. The molecule has 0 unspecified atom stereocenters. The Morgan fingerprint density at radius 2 is 1.76 bits per heavy atom. The van der Waals surface area contributed by atoms with Gasteiger partial charge in [-0.1, -0.05) is 6.42 Å². The first kappa shape index (κ1) is 21.1. The highest BCUT2D eigenvalue weighted by molar-refractivity contribution is 7.89. The second-order valence-corrected chi connectivity index (χ2v) is 8.56. The molecule has 0 spiro atoms. The molecule has 1 heterocycles. The number of halogens is 1. The minimum absolute atomic E-state index is 0.108. The molecule has 0 radical (unpaired) electrons. The second kappa shape index (κ2) is 8.79. The molecule has 1 aliphatic rings. The van der Waals surface area contributed by atoms with Crippen LogP contribution in [-0.2, 0) is 10.0 Å². The third kappa shape index (κ3) is 4.51. The van der Waals surface area contributed by atoms with Gasteiger partial charge in [-0.05, 0) is 43.2 Å². The van der Waals surface area contributed by atoms with Crippen LogP contribution in [0.4, 0.5) is 10.1 Å². The molecule has 0 bridgehead atoms. The van der Waals surface area contributed by atoms with Crippen molar-refractivity contribution in [2.75, 3.05) is 32.6 Å². The van der Waals surface area contributed by atoms with Crippen LogP contribution in [0.5, 0.6) is 11.5 Å². The number of anilines is 1. The highest BCUT2D eigenvalue weighted by atomic mass is 32.2. The fraction of sp³-hybridized carbons (Fsp3) is 0.350. The molecule has 1 fully saturated rings. The van der Waals surface area contributed by atoms with Crippen molar-refractivity contribution in [3.63, 3.8) is 0 Å². The lowest BCUT2D eigenvalue weighted by Crippen LogP contribution is -2.35. The van der Waals surface area contributed by atoms with E-state index < -0.39 is 21.7 Å². The highest BCUT2D eigenvalue weighted by Gasteiger charge is 2.27. The summed E-state index contributed by atoms with van der Waals surface area (Å²) in [6.45, 7) is 0.838.